The second-order valence-corrected chi connectivity index (χ2v) is 5.03. The van der Waals surface area contributed by atoms with E-state index in [1.165, 1.54) is 0 Å². The fourth-order valence-corrected chi connectivity index (χ4v) is 2.17. The first-order chi connectivity index (χ1) is 11.2. The molecule has 0 radical (unpaired) electrons. The molecule has 0 saturated heterocycles. The second kappa shape index (κ2) is 6.75. The van der Waals surface area contributed by atoms with Crippen LogP contribution in [-0.4, -0.2) is 7.05 Å². The van der Waals surface area contributed by atoms with Crippen molar-refractivity contribution in [2.75, 3.05) is 18.1 Å². The van der Waals surface area contributed by atoms with Gasteiger partial charge >= 0.3 is 0 Å². The average Bonchev–Trinajstić information content (AvgIpc) is 2.55. The first-order valence-corrected chi connectivity index (χ1v) is 7.32. The molecule has 0 unspecified atom stereocenters. The molecule has 3 rings (SSSR count). The van der Waals surface area contributed by atoms with Gasteiger partial charge in [-0.1, -0.05) is 18.2 Å². The minimum atomic E-state index is 0.666. The van der Waals surface area contributed by atoms with Crippen LogP contribution in [0.5, 0.6) is 23.0 Å². The number of hydrogen-bond donors (Lipinski definition) is 2. The van der Waals surface area contributed by atoms with E-state index in [4.69, 9.17) is 15.2 Å². The molecular formula is C19H18N2O2. The summed E-state index contributed by atoms with van der Waals surface area (Å²) in [6.45, 7) is 0. The molecule has 0 atom stereocenters. The van der Waals surface area contributed by atoms with Gasteiger partial charge in [-0.2, -0.15) is 0 Å². The summed E-state index contributed by atoms with van der Waals surface area (Å²) in [5.74, 6) is 2.86. The van der Waals surface area contributed by atoms with E-state index < -0.39 is 0 Å². The van der Waals surface area contributed by atoms with Gasteiger partial charge in [-0.25, -0.2) is 0 Å². The van der Waals surface area contributed by atoms with Crippen LogP contribution in [0.3, 0.4) is 0 Å². The van der Waals surface area contributed by atoms with E-state index in [0.717, 1.165) is 11.4 Å². The summed E-state index contributed by atoms with van der Waals surface area (Å²) in [7, 11) is 1.87. The number of anilines is 2. The van der Waals surface area contributed by atoms with Crippen molar-refractivity contribution in [2.45, 2.75) is 0 Å². The Labute approximate surface area is 135 Å². The van der Waals surface area contributed by atoms with Crippen molar-refractivity contribution in [1.82, 2.24) is 0 Å². The van der Waals surface area contributed by atoms with Gasteiger partial charge in [-0.15, -0.1) is 0 Å². The summed E-state index contributed by atoms with van der Waals surface area (Å²) < 4.78 is 11.7. The summed E-state index contributed by atoms with van der Waals surface area (Å²) in [4.78, 5) is 0. The standard InChI is InChI=1S/C19H18N2O2/c1-21-15-6-3-8-17(12-15)23-19-10-4-9-18(13-19)22-16-7-2-5-14(20)11-16/h2-13,21H,20H2,1H3. The maximum atomic E-state index is 5.88. The number of benzene rings is 3. The van der Waals surface area contributed by atoms with Gasteiger partial charge in [0.15, 0.2) is 0 Å². The third-order valence-electron chi connectivity index (χ3n) is 3.26. The van der Waals surface area contributed by atoms with Gasteiger partial charge in [0.25, 0.3) is 0 Å². The predicted molar refractivity (Wildman–Crippen MR) is 93.4 cm³/mol. The topological polar surface area (TPSA) is 56.5 Å². The van der Waals surface area contributed by atoms with Gasteiger partial charge in [0, 0.05) is 36.6 Å². The molecule has 23 heavy (non-hydrogen) atoms. The van der Waals surface area contributed by atoms with Gasteiger partial charge in [-0.3, -0.25) is 0 Å². The number of nitrogens with one attached hydrogen (secondary N) is 1. The summed E-state index contributed by atoms with van der Waals surface area (Å²) in [6, 6.07) is 22.6. The van der Waals surface area contributed by atoms with E-state index in [0.29, 0.717) is 22.9 Å². The van der Waals surface area contributed by atoms with Gasteiger partial charge in [0.1, 0.15) is 23.0 Å². The molecule has 4 nitrogen and oxygen atoms in total. The van der Waals surface area contributed by atoms with E-state index in [2.05, 4.69) is 5.32 Å². The monoisotopic (exact) mass is 306 g/mol. The molecule has 0 saturated carbocycles. The van der Waals surface area contributed by atoms with Crippen LogP contribution in [0, 0.1) is 0 Å². The molecular weight excluding hydrogens is 288 g/mol. The Morgan fingerprint density at radius 2 is 1.22 bits per heavy atom. The molecule has 0 aliphatic rings. The molecule has 0 aliphatic heterocycles. The van der Waals surface area contributed by atoms with Gasteiger partial charge in [0.05, 0.1) is 0 Å². The number of nitrogens with two attached hydrogens (primary N) is 1. The maximum absolute atomic E-state index is 5.88. The highest BCUT2D eigenvalue weighted by Crippen LogP contribution is 2.29. The highest BCUT2D eigenvalue weighted by molar-refractivity contribution is 5.49. The SMILES string of the molecule is CNc1cccc(Oc2cccc(Oc3cccc(N)c3)c2)c1. The molecule has 0 spiro atoms. The lowest BCUT2D eigenvalue weighted by Crippen LogP contribution is -1.90. The molecule has 0 heterocycles. The molecule has 0 bridgehead atoms. The Balaban J connectivity index is 1.76. The van der Waals surface area contributed by atoms with E-state index in [-0.39, 0.29) is 0 Å². The molecule has 4 heteroatoms. The largest absolute Gasteiger partial charge is 0.457 e. The maximum Gasteiger partial charge on any atom is 0.131 e. The zero-order chi connectivity index (χ0) is 16.1. The summed E-state index contributed by atoms with van der Waals surface area (Å²) in [6.07, 6.45) is 0. The Hall–Kier alpha value is -3.14. The minimum Gasteiger partial charge on any atom is -0.457 e. The van der Waals surface area contributed by atoms with Crippen LogP contribution in [-0.2, 0) is 0 Å². The van der Waals surface area contributed by atoms with E-state index >= 15 is 0 Å². The van der Waals surface area contributed by atoms with Gasteiger partial charge in [0.2, 0.25) is 0 Å². The van der Waals surface area contributed by atoms with Gasteiger partial charge < -0.3 is 20.5 Å². The Kier molecular flexibility index (Phi) is 4.34. The Morgan fingerprint density at radius 1 is 0.696 bits per heavy atom. The van der Waals surface area contributed by atoms with Crippen molar-refractivity contribution in [3.05, 3.63) is 72.8 Å². The van der Waals surface area contributed by atoms with Crippen LogP contribution in [0.25, 0.3) is 0 Å². The summed E-state index contributed by atoms with van der Waals surface area (Å²) >= 11 is 0. The van der Waals surface area contributed by atoms with E-state index in [9.17, 15) is 0 Å². The van der Waals surface area contributed by atoms with Crippen LogP contribution < -0.4 is 20.5 Å². The summed E-state index contributed by atoms with van der Waals surface area (Å²) in [5, 5.41) is 3.09. The summed E-state index contributed by atoms with van der Waals surface area (Å²) in [5.41, 5.74) is 7.42. The quantitative estimate of drug-likeness (QED) is 0.659. The van der Waals surface area contributed by atoms with Crippen LogP contribution >= 0.6 is 0 Å². The van der Waals surface area contributed by atoms with Crippen molar-refractivity contribution in [3.8, 4) is 23.0 Å². The first-order valence-electron chi connectivity index (χ1n) is 7.32. The second-order valence-electron chi connectivity index (χ2n) is 5.03. The number of hydrogen-bond acceptors (Lipinski definition) is 4. The van der Waals surface area contributed by atoms with Crippen molar-refractivity contribution in [2.24, 2.45) is 0 Å². The molecule has 0 aromatic heterocycles. The molecule has 0 aliphatic carbocycles. The fraction of sp³-hybridized carbons (Fsp3) is 0.0526. The van der Waals surface area contributed by atoms with E-state index in [1.54, 1.807) is 6.07 Å². The highest BCUT2D eigenvalue weighted by atomic mass is 16.5. The number of nitrogen functional groups attached to an aromatic ring is 1. The molecule has 3 N–H and O–H groups in total. The number of rotatable bonds is 5. The van der Waals surface area contributed by atoms with Crippen LogP contribution in [0.2, 0.25) is 0 Å². The third kappa shape index (κ3) is 3.95. The van der Waals surface area contributed by atoms with Gasteiger partial charge in [-0.05, 0) is 36.4 Å². The smallest absolute Gasteiger partial charge is 0.131 e. The normalized spacial score (nSPS) is 10.1. The third-order valence-corrected chi connectivity index (χ3v) is 3.26. The predicted octanol–water partition coefficient (Wildman–Crippen LogP) is 4.90. The van der Waals surface area contributed by atoms with Crippen LogP contribution in [0.15, 0.2) is 72.8 Å². The average molecular weight is 306 g/mol. The molecule has 3 aromatic rings. The van der Waals surface area contributed by atoms with Crippen molar-refractivity contribution < 1.29 is 9.47 Å². The molecule has 0 amide bonds. The number of ether oxygens (including phenoxy) is 2. The lowest BCUT2D eigenvalue weighted by atomic mass is 10.3. The fourth-order valence-electron chi connectivity index (χ4n) is 2.17. The molecule has 116 valence electrons. The zero-order valence-electron chi connectivity index (χ0n) is 12.8. The molecule has 3 aromatic carbocycles. The van der Waals surface area contributed by atoms with Crippen molar-refractivity contribution in [1.29, 1.82) is 0 Å². The van der Waals surface area contributed by atoms with Crippen molar-refractivity contribution in [3.63, 3.8) is 0 Å². The van der Waals surface area contributed by atoms with Crippen LogP contribution in [0.4, 0.5) is 11.4 Å². The first kappa shape index (κ1) is 14.8. The lowest BCUT2D eigenvalue weighted by molar-refractivity contribution is 0.460. The Bertz CT molecular complexity index is 803. The highest BCUT2D eigenvalue weighted by Gasteiger charge is 2.02. The van der Waals surface area contributed by atoms with Crippen LogP contribution in [0.1, 0.15) is 0 Å². The zero-order valence-corrected chi connectivity index (χ0v) is 12.8. The lowest BCUT2D eigenvalue weighted by Gasteiger charge is -2.10. The van der Waals surface area contributed by atoms with E-state index in [1.807, 2.05) is 73.8 Å². The minimum absolute atomic E-state index is 0.666. The van der Waals surface area contributed by atoms with Crippen molar-refractivity contribution >= 4 is 11.4 Å². The molecule has 0 fully saturated rings. The Morgan fingerprint density at radius 3 is 1.83 bits per heavy atom.